The van der Waals surface area contributed by atoms with E-state index in [-0.39, 0.29) is 12.0 Å². The van der Waals surface area contributed by atoms with Crippen molar-refractivity contribution in [3.05, 3.63) is 53.1 Å². The lowest BCUT2D eigenvalue weighted by Gasteiger charge is -2.21. The van der Waals surface area contributed by atoms with Crippen LogP contribution in [0.3, 0.4) is 0 Å². The number of likely N-dealkylation sites (N-methyl/N-ethyl adjacent to an activating group) is 1. The minimum atomic E-state index is -0.0317. The zero-order valence-corrected chi connectivity index (χ0v) is 18.9. The monoisotopic (exact) mass is 412 g/mol. The summed E-state index contributed by atoms with van der Waals surface area (Å²) in [6.45, 7) is 9.59. The Morgan fingerprint density at radius 3 is 2.48 bits per heavy atom. The fraction of sp³-hybridized carbons (Fsp3) is 0.391. The molecule has 0 fully saturated rings. The molecule has 0 saturated carbocycles. The number of carbonyl (C=O) groups excluding carboxylic acids is 1. The van der Waals surface area contributed by atoms with Gasteiger partial charge in [-0.3, -0.25) is 9.69 Å². The summed E-state index contributed by atoms with van der Waals surface area (Å²) < 4.78 is 6.82. The SMILES string of the molecule is Cc1cc(C)c2nc(N(CC[NH+](C)C)C(=O)c3ccc(OC(C)C)cc3)sc2c1. The number of aryl methyl sites for hydroxylation is 2. The number of quaternary nitrogens is 1. The lowest BCUT2D eigenvalue weighted by atomic mass is 10.1. The van der Waals surface area contributed by atoms with Gasteiger partial charge in [0.15, 0.2) is 5.13 Å². The topological polar surface area (TPSA) is 46.9 Å². The Balaban J connectivity index is 1.94. The molecule has 0 atom stereocenters. The first-order chi connectivity index (χ1) is 13.7. The molecule has 6 heteroatoms. The zero-order valence-electron chi connectivity index (χ0n) is 18.1. The van der Waals surface area contributed by atoms with Gasteiger partial charge in [0.2, 0.25) is 0 Å². The summed E-state index contributed by atoms with van der Waals surface area (Å²) in [5.74, 6) is 0.739. The van der Waals surface area contributed by atoms with Crippen molar-refractivity contribution in [2.24, 2.45) is 0 Å². The van der Waals surface area contributed by atoms with Gasteiger partial charge in [-0.25, -0.2) is 4.98 Å². The Hall–Kier alpha value is -2.44. The Kier molecular flexibility index (Phi) is 6.55. The highest BCUT2D eigenvalue weighted by molar-refractivity contribution is 7.22. The predicted molar refractivity (Wildman–Crippen MR) is 121 cm³/mol. The number of thiazole rings is 1. The maximum absolute atomic E-state index is 13.4. The summed E-state index contributed by atoms with van der Waals surface area (Å²) in [5.41, 5.74) is 3.97. The number of nitrogens with one attached hydrogen (secondary N) is 1. The summed E-state index contributed by atoms with van der Waals surface area (Å²) in [7, 11) is 4.18. The van der Waals surface area contributed by atoms with E-state index in [1.807, 2.05) is 43.0 Å². The van der Waals surface area contributed by atoms with Gasteiger partial charge < -0.3 is 9.64 Å². The molecular formula is C23H30N3O2S+. The van der Waals surface area contributed by atoms with Gasteiger partial charge in [-0.05, 0) is 69.2 Å². The number of anilines is 1. The molecule has 1 amide bonds. The molecule has 0 aliphatic carbocycles. The number of benzene rings is 2. The van der Waals surface area contributed by atoms with Gasteiger partial charge in [-0.1, -0.05) is 17.4 Å². The Morgan fingerprint density at radius 1 is 1.17 bits per heavy atom. The quantitative estimate of drug-likeness (QED) is 0.646. The van der Waals surface area contributed by atoms with Crippen LogP contribution in [-0.2, 0) is 0 Å². The van der Waals surface area contributed by atoms with E-state index in [4.69, 9.17) is 9.72 Å². The normalized spacial score (nSPS) is 11.4. The van der Waals surface area contributed by atoms with E-state index >= 15 is 0 Å². The zero-order chi connectivity index (χ0) is 21.1. The maximum Gasteiger partial charge on any atom is 0.260 e. The number of hydrogen-bond acceptors (Lipinski definition) is 4. The van der Waals surface area contributed by atoms with E-state index in [0.29, 0.717) is 12.1 Å². The van der Waals surface area contributed by atoms with Crippen molar-refractivity contribution in [1.82, 2.24) is 4.98 Å². The average Bonchev–Trinajstić information content (AvgIpc) is 3.05. The third kappa shape index (κ3) is 5.14. The van der Waals surface area contributed by atoms with Crippen molar-refractivity contribution < 1.29 is 14.4 Å². The minimum absolute atomic E-state index is 0.0317. The Labute approximate surface area is 176 Å². The van der Waals surface area contributed by atoms with Crippen LogP contribution in [0.25, 0.3) is 10.2 Å². The average molecular weight is 413 g/mol. The van der Waals surface area contributed by atoms with Crippen molar-refractivity contribution in [3.8, 4) is 5.75 Å². The summed E-state index contributed by atoms with van der Waals surface area (Å²) in [6.07, 6.45) is 0.102. The molecule has 0 spiro atoms. The molecule has 0 saturated heterocycles. The number of nitrogens with zero attached hydrogens (tertiary/aromatic N) is 2. The van der Waals surface area contributed by atoms with E-state index < -0.39 is 0 Å². The molecule has 29 heavy (non-hydrogen) atoms. The van der Waals surface area contributed by atoms with Crippen molar-refractivity contribution in [3.63, 3.8) is 0 Å². The molecule has 1 heterocycles. The van der Waals surface area contributed by atoms with Crippen LogP contribution < -0.4 is 14.5 Å². The van der Waals surface area contributed by atoms with Gasteiger partial charge >= 0.3 is 0 Å². The van der Waals surface area contributed by atoms with Crippen LogP contribution in [0, 0.1) is 13.8 Å². The molecule has 0 radical (unpaired) electrons. The van der Waals surface area contributed by atoms with E-state index in [9.17, 15) is 4.79 Å². The molecule has 154 valence electrons. The number of aromatic nitrogens is 1. The van der Waals surface area contributed by atoms with E-state index in [2.05, 4.69) is 40.1 Å². The number of carbonyl (C=O) groups is 1. The van der Waals surface area contributed by atoms with Crippen LogP contribution in [0.1, 0.15) is 35.3 Å². The van der Waals surface area contributed by atoms with Crippen molar-refractivity contribution >= 4 is 32.6 Å². The van der Waals surface area contributed by atoms with Crippen molar-refractivity contribution in [2.45, 2.75) is 33.8 Å². The second kappa shape index (κ2) is 8.93. The number of hydrogen-bond donors (Lipinski definition) is 1. The van der Waals surface area contributed by atoms with Gasteiger partial charge in [-0.15, -0.1) is 0 Å². The van der Waals surface area contributed by atoms with E-state index in [1.54, 1.807) is 11.3 Å². The van der Waals surface area contributed by atoms with Crippen LogP contribution in [0.15, 0.2) is 36.4 Å². The first-order valence-corrected chi connectivity index (χ1v) is 10.8. The fourth-order valence-corrected chi connectivity index (χ4v) is 4.36. The molecule has 0 aliphatic rings. The lowest BCUT2D eigenvalue weighted by molar-refractivity contribution is -0.856. The van der Waals surface area contributed by atoms with Gasteiger partial charge in [0, 0.05) is 5.56 Å². The fourth-order valence-electron chi connectivity index (χ4n) is 3.20. The number of amides is 1. The molecule has 1 aromatic heterocycles. The van der Waals surface area contributed by atoms with Crippen molar-refractivity contribution in [2.75, 3.05) is 32.1 Å². The minimum Gasteiger partial charge on any atom is -0.491 e. The summed E-state index contributed by atoms with van der Waals surface area (Å²) in [5, 5.41) is 0.752. The van der Waals surface area contributed by atoms with Gasteiger partial charge in [-0.2, -0.15) is 0 Å². The third-order valence-electron chi connectivity index (χ3n) is 4.60. The summed E-state index contributed by atoms with van der Waals surface area (Å²) in [4.78, 5) is 21.3. The van der Waals surface area contributed by atoms with Gasteiger partial charge in [0.25, 0.3) is 5.91 Å². The summed E-state index contributed by atoms with van der Waals surface area (Å²) >= 11 is 1.58. The molecule has 3 aromatic rings. The predicted octanol–water partition coefficient (Wildman–Crippen LogP) is 3.49. The van der Waals surface area contributed by atoms with Crippen LogP contribution in [-0.4, -0.2) is 44.2 Å². The second-order valence-corrected chi connectivity index (χ2v) is 9.04. The largest absolute Gasteiger partial charge is 0.491 e. The Bertz CT molecular complexity index is 993. The number of rotatable bonds is 7. The van der Waals surface area contributed by atoms with Crippen LogP contribution >= 0.6 is 11.3 Å². The van der Waals surface area contributed by atoms with Crippen LogP contribution in [0.5, 0.6) is 5.75 Å². The molecule has 3 rings (SSSR count). The highest BCUT2D eigenvalue weighted by Crippen LogP contribution is 2.32. The van der Waals surface area contributed by atoms with Crippen LogP contribution in [0.2, 0.25) is 0 Å². The van der Waals surface area contributed by atoms with Gasteiger partial charge in [0.05, 0.1) is 43.5 Å². The van der Waals surface area contributed by atoms with Crippen LogP contribution in [0.4, 0.5) is 5.13 Å². The highest BCUT2D eigenvalue weighted by atomic mass is 32.1. The molecule has 2 aromatic carbocycles. The molecule has 0 unspecified atom stereocenters. The highest BCUT2D eigenvalue weighted by Gasteiger charge is 2.23. The van der Waals surface area contributed by atoms with Crippen molar-refractivity contribution in [1.29, 1.82) is 0 Å². The van der Waals surface area contributed by atoms with E-state index in [0.717, 1.165) is 33.2 Å². The molecule has 0 aliphatic heterocycles. The maximum atomic E-state index is 13.4. The summed E-state index contributed by atoms with van der Waals surface area (Å²) in [6, 6.07) is 11.6. The molecule has 1 N–H and O–H groups in total. The second-order valence-electron chi connectivity index (χ2n) is 8.03. The lowest BCUT2D eigenvalue weighted by Crippen LogP contribution is -3.06. The molecular weight excluding hydrogens is 382 g/mol. The molecule has 5 nitrogen and oxygen atoms in total. The first-order valence-electron chi connectivity index (χ1n) is 10.00. The standard InChI is InChI=1S/C23H29N3O2S/c1-15(2)28-19-9-7-18(8-10-19)22(27)26(12-11-25(5)6)23-24-21-17(4)13-16(3)14-20(21)29-23/h7-10,13-15H,11-12H2,1-6H3/p+1. The third-order valence-corrected chi connectivity index (χ3v) is 5.63. The Morgan fingerprint density at radius 2 is 1.86 bits per heavy atom. The molecule has 0 bridgehead atoms. The first kappa shape index (κ1) is 21.3. The van der Waals surface area contributed by atoms with E-state index in [1.165, 1.54) is 10.5 Å². The number of ether oxygens (including phenoxy) is 1. The van der Waals surface area contributed by atoms with Gasteiger partial charge in [0.1, 0.15) is 5.75 Å². The number of fused-ring (bicyclic) bond motifs is 1. The smallest absolute Gasteiger partial charge is 0.260 e.